The van der Waals surface area contributed by atoms with Gasteiger partial charge in [-0.1, -0.05) is 35.9 Å². The molecule has 1 heterocycles. The maximum absolute atomic E-state index is 5.22. The first-order chi connectivity index (χ1) is 9.28. The van der Waals surface area contributed by atoms with Gasteiger partial charge < -0.3 is 10.1 Å². The van der Waals surface area contributed by atoms with Gasteiger partial charge in [0.15, 0.2) is 0 Å². The SMILES string of the molecule is COc1ccc(C2NCCc3cc(C)ccc32)cc1. The molecule has 1 aliphatic rings. The molecule has 0 aliphatic carbocycles. The van der Waals surface area contributed by atoms with Crippen LogP contribution in [0, 0.1) is 6.92 Å². The molecule has 1 unspecified atom stereocenters. The highest BCUT2D eigenvalue weighted by Gasteiger charge is 2.20. The molecule has 2 nitrogen and oxygen atoms in total. The molecule has 19 heavy (non-hydrogen) atoms. The molecule has 0 bridgehead atoms. The molecule has 3 rings (SSSR count). The molecule has 0 radical (unpaired) electrons. The fraction of sp³-hybridized carbons (Fsp3) is 0.294. The number of hydrogen-bond donors (Lipinski definition) is 1. The molecule has 2 aromatic carbocycles. The molecule has 1 N–H and O–H groups in total. The van der Waals surface area contributed by atoms with E-state index in [2.05, 4.69) is 42.6 Å². The van der Waals surface area contributed by atoms with E-state index in [0.29, 0.717) is 6.04 Å². The van der Waals surface area contributed by atoms with Crippen molar-refractivity contribution in [3.8, 4) is 5.75 Å². The van der Waals surface area contributed by atoms with Crippen LogP contribution in [0.4, 0.5) is 0 Å². The monoisotopic (exact) mass is 253 g/mol. The predicted octanol–water partition coefficient (Wildman–Crippen LogP) is 3.24. The quantitative estimate of drug-likeness (QED) is 0.887. The van der Waals surface area contributed by atoms with Crippen molar-refractivity contribution in [3.63, 3.8) is 0 Å². The summed E-state index contributed by atoms with van der Waals surface area (Å²) < 4.78 is 5.22. The number of benzene rings is 2. The number of fused-ring (bicyclic) bond motifs is 1. The van der Waals surface area contributed by atoms with Crippen LogP contribution in [0.3, 0.4) is 0 Å². The average molecular weight is 253 g/mol. The average Bonchev–Trinajstić information content (AvgIpc) is 2.46. The molecule has 0 fully saturated rings. The summed E-state index contributed by atoms with van der Waals surface area (Å²) in [7, 11) is 1.70. The van der Waals surface area contributed by atoms with E-state index in [4.69, 9.17) is 4.74 Å². The maximum Gasteiger partial charge on any atom is 0.118 e. The summed E-state index contributed by atoms with van der Waals surface area (Å²) in [6.45, 7) is 3.19. The van der Waals surface area contributed by atoms with Gasteiger partial charge >= 0.3 is 0 Å². The van der Waals surface area contributed by atoms with Gasteiger partial charge in [0.2, 0.25) is 0 Å². The van der Waals surface area contributed by atoms with Crippen molar-refractivity contribution in [2.45, 2.75) is 19.4 Å². The van der Waals surface area contributed by atoms with Crippen molar-refractivity contribution in [2.24, 2.45) is 0 Å². The minimum Gasteiger partial charge on any atom is -0.497 e. The third-order valence-electron chi connectivity index (χ3n) is 3.80. The van der Waals surface area contributed by atoms with Crippen molar-refractivity contribution in [1.82, 2.24) is 5.32 Å². The Morgan fingerprint density at radius 1 is 1.11 bits per heavy atom. The van der Waals surface area contributed by atoms with Gasteiger partial charge in [-0.3, -0.25) is 0 Å². The van der Waals surface area contributed by atoms with Crippen LogP contribution in [0.5, 0.6) is 5.75 Å². The van der Waals surface area contributed by atoms with E-state index in [1.807, 2.05) is 12.1 Å². The van der Waals surface area contributed by atoms with Gasteiger partial charge in [-0.2, -0.15) is 0 Å². The third kappa shape index (κ3) is 2.36. The fourth-order valence-electron chi connectivity index (χ4n) is 2.79. The highest BCUT2D eigenvalue weighted by atomic mass is 16.5. The van der Waals surface area contributed by atoms with E-state index in [0.717, 1.165) is 18.7 Å². The number of methoxy groups -OCH3 is 1. The van der Waals surface area contributed by atoms with Crippen molar-refractivity contribution in [3.05, 3.63) is 64.7 Å². The highest BCUT2D eigenvalue weighted by Crippen LogP contribution is 2.30. The van der Waals surface area contributed by atoms with Crippen molar-refractivity contribution < 1.29 is 4.74 Å². The van der Waals surface area contributed by atoms with Crippen LogP contribution in [-0.4, -0.2) is 13.7 Å². The van der Waals surface area contributed by atoms with Gasteiger partial charge in [0.1, 0.15) is 5.75 Å². The van der Waals surface area contributed by atoms with Crippen LogP contribution in [-0.2, 0) is 6.42 Å². The molecule has 1 atom stereocenters. The third-order valence-corrected chi connectivity index (χ3v) is 3.80. The minimum absolute atomic E-state index is 0.301. The standard InChI is InChI=1S/C17H19NO/c1-12-3-8-16-14(11-12)9-10-18-17(16)13-4-6-15(19-2)7-5-13/h3-8,11,17-18H,9-10H2,1-2H3. The second kappa shape index (κ2) is 5.06. The summed E-state index contributed by atoms with van der Waals surface area (Å²) in [5.41, 5.74) is 5.52. The number of ether oxygens (including phenoxy) is 1. The fourth-order valence-corrected chi connectivity index (χ4v) is 2.79. The van der Waals surface area contributed by atoms with Crippen LogP contribution in [0.2, 0.25) is 0 Å². The Bertz CT molecular complexity index is 574. The van der Waals surface area contributed by atoms with E-state index < -0.39 is 0 Å². The summed E-state index contributed by atoms with van der Waals surface area (Å²) in [6, 6.07) is 15.4. The Hall–Kier alpha value is -1.80. The normalized spacial score (nSPS) is 17.9. The molecular formula is C17H19NO. The molecule has 0 aromatic heterocycles. The van der Waals surface area contributed by atoms with Gasteiger partial charge in [0.05, 0.1) is 13.2 Å². The molecule has 2 heteroatoms. The Morgan fingerprint density at radius 2 is 1.89 bits per heavy atom. The lowest BCUT2D eigenvalue weighted by Crippen LogP contribution is -2.30. The number of hydrogen-bond acceptors (Lipinski definition) is 2. The molecule has 0 saturated heterocycles. The van der Waals surface area contributed by atoms with Crippen LogP contribution < -0.4 is 10.1 Å². The summed E-state index contributed by atoms with van der Waals surface area (Å²) in [6.07, 6.45) is 1.11. The Morgan fingerprint density at radius 3 is 2.63 bits per heavy atom. The van der Waals surface area contributed by atoms with Crippen LogP contribution in [0.1, 0.15) is 28.3 Å². The first-order valence-corrected chi connectivity index (χ1v) is 6.74. The summed E-state index contributed by atoms with van der Waals surface area (Å²) in [4.78, 5) is 0. The smallest absolute Gasteiger partial charge is 0.118 e. The highest BCUT2D eigenvalue weighted by molar-refractivity contribution is 5.42. The van der Waals surface area contributed by atoms with E-state index in [9.17, 15) is 0 Å². The van der Waals surface area contributed by atoms with Crippen LogP contribution in [0.25, 0.3) is 0 Å². The van der Waals surface area contributed by atoms with Gasteiger partial charge in [-0.05, 0) is 42.2 Å². The summed E-state index contributed by atoms with van der Waals surface area (Å²) in [5, 5.41) is 3.61. The first-order valence-electron chi connectivity index (χ1n) is 6.74. The van der Waals surface area contributed by atoms with Crippen molar-refractivity contribution in [2.75, 3.05) is 13.7 Å². The predicted molar refractivity (Wildman–Crippen MR) is 77.7 cm³/mol. The Kier molecular flexibility index (Phi) is 3.26. The number of nitrogens with one attached hydrogen (secondary N) is 1. The zero-order valence-corrected chi connectivity index (χ0v) is 11.4. The minimum atomic E-state index is 0.301. The van der Waals surface area contributed by atoms with Crippen LogP contribution in [0.15, 0.2) is 42.5 Å². The van der Waals surface area contributed by atoms with E-state index in [-0.39, 0.29) is 0 Å². The number of rotatable bonds is 2. The molecular weight excluding hydrogens is 234 g/mol. The lowest BCUT2D eigenvalue weighted by molar-refractivity contribution is 0.414. The van der Waals surface area contributed by atoms with Crippen molar-refractivity contribution in [1.29, 1.82) is 0 Å². The number of aryl methyl sites for hydroxylation is 1. The van der Waals surface area contributed by atoms with Gasteiger partial charge in [-0.15, -0.1) is 0 Å². The Balaban J connectivity index is 1.98. The lowest BCUT2D eigenvalue weighted by Gasteiger charge is -2.27. The van der Waals surface area contributed by atoms with Gasteiger partial charge in [0.25, 0.3) is 0 Å². The van der Waals surface area contributed by atoms with E-state index in [1.165, 1.54) is 22.3 Å². The summed E-state index contributed by atoms with van der Waals surface area (Å²) in [5.74, 6) is 0.906. The molecule has 98 valence electrons. The molecule has 2 aromatic rings. The topological polar surface area (TPSA) is 21.3 Å². The molecule has 1 aliphatic heterocycles. The van der Waals surface area contributed by atoms with Gasteiger partial charge in [-0.25, -0.2) is 0 Å². The van der Waals surface area contributed by atoms with Crippen molar-refractivity contribution >= 4 is 0 Å². The second-order valence-corrected chi connectivity index (χ2v) is 5.11. The Labute approximate surface area is 114 Å². The van der Waals surface area contributed by atoms with Crippen LogP contribution >= 0.6 is 0 Å². The lowest BCUT2D eigenvalue weighted by atomic mass is 9.89. The molecule has 0 saturated carbocycles. The maximum atomic E-state index is 5.22. The van der Waals surface area contributed by atoms with E-state index >= 15 is 0 Å². The van der Waals surface area contributed by atoms with Gasteiger partial charge in [0, 0.05) is 6.54 Å². The summed E-state index contributed by atoms with van der Waals surface area (Å²) >= 11 is 0. The van der Waals surface area contributed by atoms with E-state index in [1.54, 1.807) is 7.11 Å². The second-order valence-electron chi connectivity index (χ2n) is 5.11. The zero-order valence-electron chi connectivity index (χ0n) is 11.4. The molecule has 0 amide bonds. The zero-order chi connectivity index (χ0) is 13.2. The molecule has 0 spiro atoms. The first kappa shape index (κ1) is 12.2. The largest absolute Gasteiger partial charge is 0.497 e.